The van der Waals surface area contributed by atoms with E-state index in [1.165, 1.54) is 6.33 Å². The highest BCUT2D eigenvalue weighted by atomic mass is 16.2. The molecular formula is C19H27N5O. The average Bonchev–Trinajstić information content (AvgIpc) is 2.66. The lowest BCUT2D eigenvalue weighted by Gasteiger charge is -2.23. The van der Waals surface area contributed by atoms with Gasteiger partial charge in [0.05, 0.1) is 0 Å². The lowest BCUT2D eigenvalue weighted by molar-refractivity contribution is 0.0790. The molecule has 0 fully saturated rings. The Morgan fingerprint density at radius 3 is 2.36 bits per heavy atom. The van der Waals surface area contributed by atoms with Gasteiger partial charge in [-0.05, 0) is 37.0 Å². The van der Waals surface area contributed by atoms with Gasteiger partial charge in [-0.15, -0.1) is 0 Å². The second kappa shape index (κ2) is 9.71. The molecule has 0 N–H and O–H groups in total. The molecule has 0 saturated carbocycles. The molecule has 0 saturated heterocycles. The number of aromatic nitrogens is 3. The topological polar surface area (TPSA) is 62.2 Å². The maximum Gasteiger partial charge on any atom is 0.272 e. The number of carbonyl (C=O) groups is 1. The van der Waals surface area contributed by atoms with Crippen LogP contribution in [0.2, 0.25) is 0 Å². The summed E-state index contributed by atoms with van der Waals surface area (Å²) in [6, 6.07) is 5.74. The van der Waals surface area contributed by atoms with Gasteiger partial charge in [0.15, 0.2) is 0 Å². The summed E-state index contributed by atoms with van der Waals surface area (Å²) in [6.07, 6.45) is 7.89. The van der Waals surface area contributed by atoms with Crippen LogP contribution in [-0.2, 0) is 6.42 Å². The van der Waals surface area contributed by atoms with Gasteiger partial charge in [-0.25, -0.2) is 9.97 Å². The van der Waals surface area contributed by atoms with E-state index in [1.807, 2.05) is 12.1 Å². The minimum atomic E-state index is -0.0781. The Morgan fingerprint density at radius 1 is 1.04 bits per heavy atom. The van der Waals surface area contributed by atoms with Gasteiger partial charge in [-0.2, -0.15) is 0 Å². The van der Waals surface area contributed by atoms with Crippen molar-refractivity contribution in [3.8, 4) is 0 Å². The van der Waals surface area contributed by atoms with Crippen LogP contribution in [0.1, 0.15) is 42.7 Å². The molecule has 2 rings (SSSR count). The molecule has 2 aromatic heterocycles. The van der Waals surface area contributed by atoms with E-state index >= 15 is 0 Å². The average molecular weight is 341 g/mol. The van der Waals surface area contributed by atoms with Crippen LogP contribution in [0.3, 0.4) is 0 Å². The van der Waals surface area contributed by atoms with Crippen LogP contribution in [0, 0.1) is 0 Å². The van der Waals surface area contributed by atoms with E-state index in [2.05, 4.69) is 33.7 Å². The number of hydrogen-bond donors (Lipinski definition) is 0. The summed E-state index contributed by atoms with van der Waals surface area (Å²) in [5.74, 6) is 0.746. The first-order valence-corrected chi connectivity index (χ1v) is 8.87. The number of amides is 1. The maximum atomic E-state index is 12.7. The molecule has 0 spiro atoms. The third kappa shape index (κ3) is 5.52. The molecule has 2 aromatic rings. The summed E-state index contributed by atoms with van der Waals surface area (Å²) < 4.78 is 0. The van der Waals surface area contributed by atoms with Gasteiger partial charge < -0.3 is 9.80 Å². The van der Waals surface area contributed by atoms with Crippen molar-refractivity contribution in [3.63, 3.8) is 0 Å². The first-order chi connectivity index (χ1) is 12.2. The molecule has 0 unspecified atom stereocenters. The zero-order valence-electron chi connectivity index (χ0n) is 15.4. The number of rotatable bonds is 9. The predicted octanol–water partition coefficient (Wildman–Crippen LogP) is 2.81. The van der Waals surface area contributed by atoms with Crippen LogP contribution < -0.4 is 4.90 Å². The molecule has 1 amide bonds. The fourth-order valence-electron chi connectivity index (χ4n) is 2.66. The van der Waals surface area contributed by atoms with Gasteiger partial charge in [0, 0.05) is 45.1 Å². The zero-order chi connectivity index (χ0) is 18.1. The van der Waals surface area contributed by atoms with Crippen LogP contribution in [0.25, 0.3) is 0 Å². The Labute approximate surface area is 149 Å². The van der Waals surface area contributed by atoms with Crippen molar-refractivity contribution in [2.75, 3.05) is 31.6 Å². The summed E-state index contributed by atoms with van der Waals surface area (Å²) in [4.78, 5) is 29.1. The third-order valence-electron chi connectivity index (χ3n) is 4.01. The van der Waals surface area contributed by atoms with Gasteiger partial charge in [0.2, 0.25) is 0 Å². The summed E-state index contributed by atoms with van der Waals surface area (Å²) in [5, 5.41) is 0. The molecule has 0 aliphatic carbocycles. The monoisotopic (exact) mass is 341 g/mol. The highest BCUT2D eigenvalue weighted by Gasteiger charge is 2.16. The van der Waals surface area contributed by atoms with Crippen LogP contribution in [0.5, 0.6) is 0 Å². The van der Waals surface area contributed by atoms with Crippen LogP contribution in [0.15, 0.2) is 36.9 Å². The van der Waals surface area contributed by atoms with E-state index in [0.29, 0.717) is 12.2 Å². The Kier molecular flexibility index (Phi) is 7.32. The molecule has 2 heterocycles. The number of carbonyl (C=O) groups excluding carboxylic acids is 1. The number of pyridine rings is 1. The standard InChI is InChI=1S/C19H27N5O/c1-4-11-24(12-5-2)18-14-17(21-15-22-18)19(25)23(3)13-8-16-6-9-20-10-7-16/h6-7,9-10,14-15H,4-5,8,11-13H2,1-3H3. The lowest BCUT2D eigenvalue weighted by atomic mass is 10.2. The van der Waals surface area contributed by atoms with Crippen LogP contribution >= 0.6 is 0 Å². The van der Waals surface area contributed by atoms with E-state index in [0.717, 1.165) is 43.7 Å². The first-order valence-electron chi connectivity index (χ1n) is 8.87. The predicted molar refractivity (Wildman–Crippen MR) is 99.7 cm³/mol. The van der Waals surface area contributed by atoms with Crippen molar-refractivity contribution < 1.29 is 4.79 Å². The van der Waals surface area contributed by atoms with Gasteiger partial charge in [0.25, 0.3) is 5.91 Å². The van der Waals surface area contributed by atoms with E-state index in [9.17, 15) is 4.79 Å². The molecule has 0 aromatic carbocycles. The molecule has 134 valence electrons. The van der Waals surface area contributed by atoms with Crippen molar-refractivity contribution in [2.45, 2.75) is 33.1 Å². The van der Waals surface area contributed by atoms with Crippen molar-refractivity contribution >= 4 is 11.7 Å². The number of nitrogens with zero attached hydrogens (tertiary/aromatic N) is 5. The molecular weight excluding hydrogens is 314 g/mol. The van der Waals surface area contributed by atoms with E-state index in [-0.39, 0.29) is 5.91 Å². The van der Waals surface area contributed by atoms with Crippen LogP contribution in [-0.4, -0.2) is 52.4 Å². The highest BCUT2D eigenvalue weighted by molar-refractivity contribution is 5.92. The molecule has 0 aliphatic rings. The minimum absolute atomic E-state index is 0.0781. The van der Waals surface area contributed by atoms with E-state index < -0.39 is 0 Å². The third-order valence-corrected chi connectivity index (χ3v) is 4.01. The minimum Gasteiger partial charge on any atom is -0.357 e. The lowest BCUT2D eigenvalue weighted by Crippen LogP contribution is -2.31. The fraction of sp³-hybridized carbons (Fsp3) is 0.474. The largest absolute Gasteiger partial charge is 0.357 e. The zero-order valence-corrected chi connectivity index (χ0v) is 15.4. The van der Waals surface area contributed by atoms with Crippen molar-refractivity contribution in [1.82, 2.24) is 19.9 Å². The van der Waals surface area contributed by atoms with Gasteiger partial charge in [0.1, 0.15) is 17.8 Å². The first kappa shape index (κ1) is 18.8. The molecule has 0 bridgehead atoms. The molecule has 6 heteroatoms. The smallest absolute Gasteiger partial charge is 0.272 e. The Hall–Kier alpha value is -2.50. The normalized spacial score (nSPS) is 10.5. The van der Waals surface area contributed by atoms with Crippen molar-refractivity contribution in [3.05, 3.63) is 48.2 Å². The Balaban J connectivity index is 2.04. The molecule has 25 heavy (non-hydrogen) atoms. The molecule has 0 aliphatic heterocycles. The maximum absolute atomic E-state index is 12.7. The van der Waals surface area contributed by atoms with Gasteiger partial charge >= 0.3 is 0 Å². The SMILES string of the molecule is CCCN(CCC)c1cc(C(=O)N(C)CCc2ccncc2)ncn1. The van der Waals surface area contributed by atoms with E-state index in [4.69, 9.17) is 0 Å². The Morgan fingerprint density at radius 2 is 1.72 bits per heavy atom. The van der Waals surface area contributed by atoms with E-state index in [1.54, 1.807) is 30.4 Å². The molecule has 0 radical (unpaired) electrons. The van der Waals surface area contributed by atoms with Gasteiger partial charge in [-0.3, -0.25) is 9.78 Å². The second-order valence-electron chi connectivity index (χ2n) is 6.08. The summed E-state index contributed by atoms with van der Waals surface area (Å²) in [6.45, 7) is 6.77. The summed E-state index contributed by atoms with van der Waals surface area (Å²) in [5.41, 5.74) is 1.61. The quantitative estimate of drug-likeness (QED) is 0.702. The second-order valence-corrected chi connectivity index (χ2v) is 6.08. The molecule has 6 nitrogen and oxygen atoms in total. The number of likely N-dealkylation sites (N-methyl/N-ethyl adjacent to an activating group) is 1. The fourth-order valence-corrected chi connectivity index (χ4v) is 2.66. The molecule has 0 atom stereocenters. The summed E-state index contributed by atoms with van der Waals surface area (Å²) >= 11 is 0. The van der Waals surface area contributed by atoms with Gasteiger partial charge in [-0.1, -0.05) is 13.8 Å². The number of hydrogen-bond acceptors (Lipinski definition) is 5. The Bertz CT molecular complexity index is 656. The highest BCUT2D eigenvalue weighted by Crippen LogP contribution is 2.13. The van der Waals surface area contributed by atoms with Crippen LogP contribution in [0.4, 0.5) is 5.82 Å². The number of anilines is 1. The van der Waals surface area contributed by atoms with Crippen molar-refractivity contribution in [2.24, 2.45) is 0 Å². The van der Waals surface area contributed by atoms with Crippen molar-refractivity contribution in [1.29, 1.82) is 0 Å². The summed E-state index contributed by atoms with van der Waals surface area (Å²) in [7, 11) is 1.81.